The van der Waals surface area contributed by atoms with E-state index in [2.05, 4.69) is 9.97 Å². The molecule has 6 nitrogen and oxygen atoms in total. The van der Waals surface area contributed by atoms with E-state index in [0.717, 1.165) is 6.20 Å². The van der Waals surface area contributed by atoms with Gasteiger partial charge in [0.25, 0.3) is 0 Å². The van der Waals surface area contributed by atoms with Gasteiger partial charge in [-0.05, 0) is 31.2 Å². The molecule has 1 unspecified atom stereocenters. The Balaban J connectivity index is 2.39. The fourth-order valence-corrected chi connectivity index (χ4v) is 1.65. The van der Waals surface area contributed by atoms with Gasteiger partial charge in [-0.2, -0.15) is 0 Å². The first kappa shape index (κ1) is 15.8. The Bertz CT molecular complexity index is 661. The van der Waals surface area contributed by atoms with Gasteiger partial charge in [-0.25, -0.2) is 19.2 Å². The van der Waals surface area contributed by atoms with Crippen LogP contribution in [-0.2, 0) is 4.74 Å². The summed E-state index contributed by atoms with van der Waals surface area (Å²) in [6, 6.07) is 5.48. The summed E-state index contributed by atoms with van der Waals surface area (Å²) in [5.74, 6) is -1.44. The van der Waals surface area contributed by atoms with Crippen LogP contribution in [0.4, 0.5) is 4.39 Å². The van der Waals surface area contributed by atoms with Gasteiger partial charge in [-0.3, -0.25) is 0 Å². The summed E-state index contributed by atoms with van der Waals surface area (Å²) in [5.41, 5.74) is 0.534. The average molecular weight is 306 g/mol. The second-order valence-electron chi connectivity index (χ2n) is 4.58. The number of nitrogens with zero attached hydrogens (tertiary/aromatic N) is 2. The first-order valence-electron chi connectivity index (χ1n) is 6.53. The molecule has 0 saturated heterocycles. The number of hydrogen-bond donors (Lipinski definition) is 1. The van der Waals surface area contributed by atoms with E-state index in [1.165, 1.54) is 24.3 Å². The lowest BCUT2D eigenvalue weighted by Gasteiger charge is -2.13. The third-order valence-corrected chi connectivity index (χ3v) is 2.93. The molecule has 0 aliphatic rings. The highest BCUT2D eigenvalue weighted by molar-refractivity contribution is 5.86. The first-order chi connectivity index (χ1) is 10.5. The van der Waals surface area contributed by atoms with Gasteiger partial charge in [0.05, 0.1) is 12.3 Å². The van der Waals surface area contributed by atoms with Gasteiger partial charge in [-0.1, -0.05) is 0 Å². The number of rotatable bonds is 6. The van der Waals surface area contributed by atoms with Gasteiger partial charge in [0.15, 0.2) is 5.69 Å². The van der Waals surface area contributed by atoms with Gasteiger partial charge in [0, 0.05) is 12.7 Å². The molecule has 0 spiro atoms. The standard InChI is InChI=1S/C15H15FN2O4/c1-9(21-2)8-22-14-13(10-3-5-11(16)6-4-10)18-12(7-17-14)15(19)20/h3-7,9H,8H2,1-2H3,(H,19,20). The lowest BCUT2D eigenvalue weighted by molar-refractivity contribution is 0.0679. The van der Waals surface area contributed by atoms with Crippen LogP contribution in [0.15, 0.2) is 30.5 Å². The Labute approximate surface area is 126 Å². The zero-order chi connectivity index (χ0) is 16.1. The zero-order valence-corrected chi connectivity index (χ0v) is 12.1. The monoisotopic (exact) mass is 306 g/mol. The largest absolute Gasteiger partial charge is 0.476 e. The molecule has 1 atom stereocenters. The fraction of sp³-hybridized carbons (Fsp3) is 0.267. The Morgan fingerprint density at radius 2 is 2.05 bits per heavy atom. The minimum Gasteiger partial charge on any atom is -0.476 e. The van der Waals surface area contributed by atoms with Crippen molar-refractivity contribution in [2.24, 2.45) is 0 Å². The topological polar surface area (TPSA) is 81.5 Å². The number of benzene rings is 1. The van der Waals surface area contributed by atoms with Crippen LogP contribution in [-0.4, -0.2) is 40.9 Å². The molecule has 1 aromatic heterocycles. The molecule has 2 rings (SSSR count). The molecular formula is C15H15FN2O4. The van der Waals surface area contributed by atoms with Gasteiger partial charge < -0.3 is 14.6 Å². The third-order valence-electron chi connectivity index (χ3n) is 2.93. The smallest absolute Gasteiger partial charge is 0.356 e. The quantitative estimate of drug-likeness (QED) is 0.882. The predicted molar refractivity (Wildman–Crippen MR) is 76.4 cm³/mol. The van der Waals surface area contributed by atoms with Crippen molar-refractivity contribution < 1.29 is 23.8 Å². The maximum absolute atomic E-state index is 13.0. The second-order valence-corrected chi connectivity index (χ2v) is 4.58. The van der Waals surface area contributed by atoms with Crippen molar-refractivity contribution in [1.82, 2.24) is 9.97 Å². The molecule has 7 heteroatoms. The summed E-state index contributed by atoms with van der Waals surface area (Å²) in [6.07, 6.45) is 0.948. The maximum atomic E-state index is 13.0. The maximum Gasteiger partial charge on any atom is 0.356 e. The SMILES string of the molecule is COC(C)COc1ncc(C(=O)O)nc1-c1ccc(F)cc1. The summed E-state index contributed by atoms with van der Waals surface area (Å²) in [4.78, 5) is 19.1. The molecular weight excluding hydrogens is 291 g/mol. The number of carboxylic acid groups (broad SMARTS) is 1. The fourth-order valence-electron chi connectivity index (χ4n) is 1.65. The molecule has 0 aliphatic heterocycles. The van der Waals surface area contributed by atoms with E-state index >= 15 is 0 Å². The van der Waals surface area contributed by atoms with Crippen LogP contribution in [0.1, 0.15) is 17.4 Å². The van der Waals surface area contributed by atoms with E-state index in [0.29, 0.717) is 5.56 Å². The molecule has 1 N–H and O–H groups in total. The lowest BCUT2D eigenvalue weighted by Crippen LogP contribution is -2.17. The van der Waals surface area contributed by atoms with Crippen molar-refractivity contribution in [3.05, 3.63) is 42.0 Å². The summed E-state index contributed by atoms with van der Waals surface area (Å²) < 4.78 is 23.6. The molecule has 0 aliphatic carbocycles. The van der Waals surface area contributed by atoms with Gasteiger partial charge >= 0.3 is 5.97 Å². The normalized spacial score (nSPS) is 12.0. The van der Waals surface area contributed by atoms with Crippen LogP contribution in [0.5, 0.6) is 5.88 Å². The summed E-state index contributed by atoms with van der Waals surface area (Å²) in [7, 11) is 1.55. The lowest BCUT2D eigenvalue weighted by atomic mass is 10.1. The molecule has 0 bridgehead atoms. The van der Waals surface area contributed by atoms with Crippen molar-refractivity contribution in [3.63, 3.8) is 0 Å². The van der Waals surface area contributed by atoms with E-state index in [9.17, 15) is 9.18 Å². The molecule has 2 aromatic rings. The summed E-state index contributed by atoms with van der Waals surface area (Å²) in [5, 5.41) is 9.02. The van der Waals surface area contributed by atoms with Crippen molar-refractivity contribution in [2.75, 3.05) is 13.7 Å². The zero-order valence-electron chi connectivity index (χ0n) is 12.1. The molecule has 116 valence electrons. The molecule has 1 aromatic carbocycles. The third kappa shape index (κ3) is 3.76. The molecule has 0 radical (unpaired) electrons. The van der Waals surface area contributed by atoms with Gasteiger partial charge in [0.1, 0.15) is 18.1 Å². The van der Waals surface area contributed by atoms with E-state index in [-0.39, 0.29) is 30.0 Å². The summed E-state index contributed by atoms with van der Waals surface area (Å²) in [6.45, 7) is 2.04. The first-order valence-corrected chi connectivity index (χ1v) is 6.53. The molecule has 0 amide bonds. The van der Waals surface area contributed by atoms with Gasteiger partial charge in [0.2, 0.25) is 5.88 Å². The van der Waals surface area contributed by atoms with Crippen LogP contribution in [0, 0.1) is 5.82 Å². The van der Waals surface area contributed by atoms with Crippen molar-refractivity contribution in [3.8, 4) is 17.1 Å². The minimum absolute atomic E-state index is 0.165. The Morgan fingerprint density at radius 1 is 1.36 bits per heavy atom. The van der Waals surface area contributed by atoms with Crippen molar-refractivity contribution in [1.29, 1.82) is 0 Å². The van der Waals surface area contributed by atoms with Crippen LogP contribution < -0.4 is 4.74 Å². The molecule has 22 heavy (non-hydrogen) atoms. The van der Waals surface area contributed by atoms with Crippen molar-refractivity contribution in [2.45, 2.75) is 13.0 Å². The number of aromatic nitrogens is 2. The Kier molecular flexibility index (Phi) is 5.00. The molecule has 0 saturated carbocycles. The summed E-state index contributed by atoms with van der Waals surface area (Å²) >= 11 is 0. The number of carboxylic acids is 1. The number of halogens is 1. The predicted octanol–water partition coefficient (Wildman–Crippen LogP) is 2.39. The van der Waals surface area contributed by atoms with Gasteiger partial charge in [-0.15, -0.1) is 0 Å². The van der Waals surface area contributed by atoms with E-state index in [1.54, 1.807) is 7.11 Å². The number of methoxy groups -OCH3 is 1. The Hall–Kier alpha value is -2.54. The molecule has 0 fully saturated rings. The number of aromatic carboxylic acids is 1. The van der Waals surface area contributed by atoms with Crippen LogP contribution in [0.3, 0.4) is 0 Å². The van der Waals surface area contributed by atoms with E-state index in [4.69, 9.17) is 14.6 Å². The highest BCUT2D eigenvalue weighted by Crippen LogP contribution is 2.26. The van der Waals surface area contributed by atoms with Crippen molar-refractivity contribution >= 4 is 5.97 Å². The molecule has 1 heterocycles. The van der Waals surface area contributed by atoms with Crippen LogP contribution >= 0.6 is 0 Å². The Morgan fingerprint density at radius 3 is 2.64 bits per heavy atom. The van der Waals surface area contributed by atoms with E-state index in [1.807, 2.05) is 6.92 Å². The highest BCUT2D eigenvalue weighted by Gasteiger charge is 2.16. The number of hydrogen-bond acceptors (Lipinski definition) is 5. The minimum atomic E-state index is -1.20. The van der Waals surface area contributed by atoms with Crippen LogP contribution in [0.25, 0.3) is 11.3 Å². The highest BCUT2D eigenvalue weighted by atomic mass is 19.1. The second kappa shape index (κ2) is 6.95. The average Bonchev–Trinajstić information content (AvgIpc) is 2.53. The number of carbonyl (C=O) groups is 1. The van der Waals surface area contributed by atoms with E-state index < -0.39 is 11.8 Å². The number of ether oxygens (including phenoxy) is 2. The van der Waals surface area contributed by atoms with Crippen LogP contribution in [0.2, 0.25) is 0 Å².